The maximum absolute atomic E-state index is 12.0. The standard InChI is InChI=1S/C14H21N3O/c1-10(2)16-14(18)12-9-11(5-6-13(12)15)17-7-3-4-8-17/h5-6,9-10H,3-4,7-8,15H2,1-2H3,(H,16,18). The summed E-state index contributed by atoms with van der Waals surface area (Å²) in [5, 5.41) is 2.88. The lowest BCUT2D eigenvalue weighted by molar-refractivity contribution is 0.0944. The van der Waals surface area contributed by atoms with E-state index in [-0.39, 0.29) is 11.9 Å². The Balaban J connectivity index is 2.23. The number of hydrogen-bond acceptors (Lipinski definition) is 3. The number of nitrogens with zero attached hydrogens (tertiary/aromatic N) is 1. The van der Waals surface area contributed by atoms with Gasteiger partial charge in [0.2, 0.25) is 0 Å². The van der Waals surface area contributed by atoms with Crippen molar-refractivity contribution in [1.82, 2.24) is 5.32 Å². The van der Waals surface area contributed by atoms with Crippen molar-refractivity contribution in [2.75, 3.05) is 23.7 Å². The van der Waals surface area contributed by atoms with Gasteiger partial charge in [0.25, 0.3) is 5.91 Å². The van der Waals surface area contributed by atoms with Gasteiger partial charge in [-0.15, -0.1) is 0 Å². The molecular formula is C14H21N3O. The van der Waals surface area contributed by atoms with Gasteiger partial charge in [-0.3, -0.25) is 4.79 Å². The van der Waals surface area contributed by atoms with Crippen LogP contribution in [0.25, 0.3) is 0 Å². The Labute approximate surface area is 108 Å². The fraction of sp³-hybridized carbons (Fsp3) is 0.500. The highest BCUT2D eigenvalue weighted by Crippen LogP contribution is 2.24. The summed E-state index contributed by atoms with van der Waals surface area (Å²) < 4.78 is 0. The topological polar surface area (TPSA) is 58.4 Å². The molecular weight excluding hydrogens is 226 g/mol. The molecule has 0 radical (unpaired) electrons. The molecule has 0 aliphatic carbocycles. The van der Waals surface area contributed by atoms with Crippen LogP contribution in [0.5, 0.6) is 0 Å². The predicted octanol–water partition coefficient (Wildman–Crippen LogP) is 2.01. The van der Waals surface area contributed by atoms with Crippen LogP contribution in [0.2, 0.25) is 0 Å². The first-order valence-corrected chi connectivity index (χ1v) is 6.53. The second-order valence-electron chi connectivity index (χ2n) is 5.09. The molecule has 1 aliphatic rings. The minimum absolute atomic E-state index is 0.0939. The third-order valence-corrected chi connectivity index (χ3v) is 3.17. The number of nitrogen functional groups attached to an aromatic ring is 1. The summed E-state index contributed by atoms with van der Waals surface area (Å²) in [6.07, 6.45) is 2.44. The van der Waals surface area contributed by atoms with Crippen LogP contribution in [0.1, 0.15) is 37.0 Å². The molecule has 98 valence electrons. The average Bonchev–Trinajstić information content (AvgIpc) is 2.82. The summed E-state index contributed by atoms with van der Waals surface area (Å²) in [5.74, 6) is -0.0939. The van der Waals surface area contributed by atoms with Gasteiger partial charge in [-0.2, -0.15) is 0 Å². The molecule has 0 bridgehead atoms. The average molecular weight is 247 g/mol. The smallest absolute Gasteiger partial charge is 0.253 e. The van der Waals surface area contributed by atoms with E-state index < -0.39 is 0 Å². The number of anilines is 2. The van der Waals surface area contributed by atoms with E-state index in [2.05, 4.69) is 10.2 Å². The molecule has 18 heavy (non-hydrogen) atoms. The Bertz CT molecular complexity index is 437. The molecule has 0 aromatic heterocycles. The van der Waals surface area contributed by atoms with E-state index in [1.807, 2.05) is 32.0 Å². The molecule has 0 spiro atoms. The van der Waals surface area contributed by atoms with Crippen molar-refractivity contribution in [3.63, 3.8) is 0 Å². The second kappa shape index (κ2) is 5.29. The highest BCUT2D eigenvalue weighted by molar-refractivity contribution is 6.00. The monoisotopic (exact) mass is 247 g/mol. The van der Waals surface area contributed by atoms with Crippen LogP contribution in [0.4, 0.5) is 11.4 Å². The van der Waals surface area contributed by atoms with Gasteiger partial charge in [0.1, 0.15) is 0 Å². The van der Waals surface area contributed by atoms with Crippen LogP contribution in [-0.2, 0) is 0 Å². The molecule has 4 nitrogen and oxygen atoms in total. The molecule has 1 aromatic rings. The minimum Gasteiger partial charge on any atom is -0.398 e. The maximum Gasteiger partial charge on any atom is 0.253 e. The van der Waals surface area contributed by atoms with E-state index in [0.717, 1.165) is 18.8 Å². The van der Waals surface area contributed by atoms with Crippen molar-refractivity contribution in [2.45, 2.75) is 32.7 Å². The third kappa shape index (κ3) is 2.75. The van der Waals surface area contributed by atoms with Crippen molar-refractivity contribution in [2.24, 2.45) is 0 Å². The zero-order chi connectivity index (χ0) is 13.1. The van der Waals surface area contributed by atoms with E-state index in [1.54, 1.807) is 0 Å². The summed E-state index contributed by atoms with van der Waals surface area (Å²) in [6.45, 7) is 6.02. The zero-order valence-corrected chi connectivity index (χ0v) is 11.1. The minimum atomic E-state index is -0.0939. The number of hydrogen-bond donors (Lipinski definition) is 2. The number of carbonyl (C=O) groups excluding carboxylic acids is 1. The first kappa shape index (κ1) is 12.7. The number of nitrogens with one attached hydrogen (secondary N) is 1. The number of benzene rings is 1. The molecule has 0 saturated carbocycles. The van der Waals surface area contributed by atoms with Gasteiger partial charge < -0.3 is 16.0 Å². The van der Waals surface area contributed by atoms with Crippen molar-refractivity contribution >= 4 is 17.3 Å². The van der Waals surface area contributed by atoms with Crippen molar-refractivity contribution in [3.05, 3.63) is 23.8 Å². The van der Waals surface area contributed by atoms with Gasteiger partial charge in [-0.25, -0.2) is 0 Å². The molecule has 1 heterocycles. The van der Waals surface area contributed by atoms with E-state index in [4.69, 9.17) is 5.73 Å². The van der Waals surface area contributed by atoms with Crippen molar-refractivity contribution < 1.29 is 4.79 Å². The summed E-state index contributed by atoms with van der Waals surface area (Å²) in [7, 11) is 0. The van der Waals surface area contributed by atoms with E-state index >= 15 is 0 Å². The second-order valence-corrected chi connectivity index (χ2v) is 5.09. The van der Waals surface area contributed by atoms with Crippen LogP contribution >= 0.6 is 0 Å². The molecule has 0 atom stereocenters. The molecule has 1 fully saturated rings. The van der Waals surface area contributed by atoms with Crippen molar-refractivity contribution in [3.8, 4) is 0 Å². The van der Waals surface area contributed by atoms with E-state index in [9.17, 15) is 4.79 Å². The molecule has 2 rings (SSSR count). The third-order valence-electron chi connectivity index (χ3n) is 3.17. The van der Waals surface area contributed by atoms with Gasteiger partial charge in [0, 0.05) is 30.5 Å². The van der Waals surface area contributed by atoms with Crippen LogP contribution in [0.3, 0.4) is 0 Å². The zero-order valence-electron chi connectivity index (χ0n) is 11.1. The van der Waals surface area contributed by atoms with Crippen LogP contribution < -0.4 is 16.0 Å². The van der Waals surface area contributed by atoms with Crippen LogP contribution in [-0.4, -0.2) is 25.0 Å². The summed E-state index contributed by atoms with van der Waals surface area (Å²) in [5.41, 5.74) is 8.09. The molecule has 4 heteroatoms. The largest absolute Gasteiger partial charge is 0.398 e. The Morgan fingerprint density at radius 3 is 2.61 bits per heavy atom. The summed E-state index contributed by atoms with van der Waals surface area (Å²) in [6, 6.07) is 5.83. The maximum atomic E-state index is 12.0. The molecule has 1 aliphatic heterocycles. The fourth-order valence-electron chi connectivity index (χ4n) is 2.25. The number of carbonyl (C=O) groups is 1. The Kier molecular flexibility index (Phi) is 3.75. The predicted molar refractivity (Wildman–Crippen MR) is 74.9 cm³/mol. The normalized spacial score (nSPS) is 15.2. The first-order valence-electron chi connectivity index (χ1n) is 6.53. The number of rotatable bonds is 3. The Morgan fingerprint density at radius 2 is 2.00 bits per heavy atom. The summed E-state index contributed by atoms with van der Waals surface area (Å²) >= 11 is 0. The highest BCUT2D eigenvalue weighted by Gasteiger charge is 2.16. The number of nitrogens with two attached hydrogens (primary N) is 1. The van der Waals surface area contributed by atoms with Crippen LogP contribution in [0.15, 0.2) is 18.2 Å². The fourth-order valence-corrected chi connectivity index (χ4v) is 2.25. The SMILES string of the molecule is CC(C)NC(=O)c1cc(N2CCCC2)ccc1N. The van der Waals surface area contributed by atoms with Gasteiger partial charge in [-0.1, -0.05) is 0 Å². The highest BCUT2D eigenvalue weighted by atomic mass is 16.1. The molecule has 0 unspecified atom stereocenters. The van der Waals surface area contributed by atoms with Crippen molar-refractivity contribution in [1.29, 1.82) is 0 Å². The van der Waals surface area contributed by atoms with Gasteiger partial charge >= 0.3 is 0 Å². The van der Waals surface area contributed by atoms with E-state index in [1.165, 1.54) is 12.8 Å². The molecule has 1 saturated heterocycles. The lowest BCUT2D eigenvalue weighted by Crippen LogP contribution is -2.31. The quantitative estimate of drug-likeness (QED) is 0.803. The van der Waals surface area contributed by atoms with Gasteiger partial charge in [0.15, 0.2) is 0 Å². The van der Waals surface area contributed by atoms with E-state index in [0.29, 0.717) is 11.3 Å². The molecule has 1 aromatic carbocycles. The number of amides is 1. The van der Waals surface area contributed by atoms with Crippen LogP contribution in [0, 0.1) is 0 Å². The summed E-state index contributed by atoms with van der Waals surface area (Å²) in [4.78, 5) is 14.3. The molecule has 1 amide bonds. The first-order chi connectivity index (χ1) is 8.58. The Hall–Kier alpha value is -1.71. The Morgan fingerprint density at radius 1 is 1.33 bits per heavy atom. The molecule has 3 N–H and O–H groups in total. The lowest BCUT2D eigenvalue weighted by atomic mass is 10.1. The van der Waals surface area contributed by atoms with Gasteiger partial charge in [-0.05, 0) is 44.9 Å². The van der Waals surface area contributed by atoms with Gasteiger partial charge in [0.05, 0.1) is 5.56 Å². The lowest BCUT2D eigenvalue weighted by Gasteiger charge is -2.19.